The first-order valence-electron chi connectivity index (χ1n) is 3.93. The van der Waals surface area contributed by atoms with Crippen molar-refractivity contribution in [2.24, 2.45) is 0 Å². The summed E-state index contributed by atoms with van der Waals surface area (Å²) in [7, 11) is 1.92. The third-order valence-corrected chi connectivity index (χ3v) is 1.52. The molecule has 1 heteroatoms. The number of allylic oxidation sites excluding steroid dienone is 4. The Morgan fingerprint density at radius 2 is 2.18 bits per heavy atom. The van der Waals surface area contributed by atoms with E-state index in [0.717, 1.165) is 12.1 Å². The van der Waals surface area contributed by atoms with Gasteiger partial charge in [-0.2, -0.15) is 0 Å². The van der Waals surface area contributed by atoms with Crippen LogP contribution in [-0.2, 0) is 0 Å². The molecule has 0 aliphatic carbocycles. The van der Waals surface area contributed by atoms with E-state index in [9.17, 15) is 0 Å². The molecule has 0 radical (unpaired) electrons. The lowest BCUT2D eigenvalue weighted by molar-refractivity contribution is 1.01. The molecule has 0 heterocycles. The summed E-state index contributed by atoms with van der Waals surface area (Å²) >= 11 is 0. The zero-order valence-corrected chi connectivity index (χ0v) is 7.65. The van der Waals surface area contributed by atoms with E-state index in [1.165, 1.54) is 5.57 Å². The summed E-state index contributed by atoms with van der Waals surface area (Å²) in [4.78, 5) is 0. The van der Waals surface area contributed by atoms with E-state index in [1.54, 1.807) is 0 Å². The highest BCUT2D eigenvalue weighted by Gasteiger charge is 1.89. The van der Waals surface area contributed by atoms with Crippen molar-refractivity contribution >= 4 is 0 Å². The first-order valence-corrected chi connectivity index (χ1v) is 3.93. The molecule has 0 fully saturated rings. The summed E-state index contributed by atoms with van der Waals surface area (Å²) in [5, 5.41) is 3.11. The molecule has 0 saturated carbocycles. The molecule has 0 aromatic carbocycles. The van der Waals surface area contributed by atoms with Crippen molar-refractivity contribution in [1.29, 1.82) is 0 Å². The highest BCUT2D eigenvalue weighted by molar-refractivity contribution is 5.28. The standard InChI is InChI=1S/C10H17N/c1-5-7-8-10(11-4)9(3)6-2/h6-8,11H,2,5H2,1,3-4H3/b8-7-,10-9-. The van der Waals surface area contributed by atoms with Gasteiger partial charge in [0.1, 0.15) is 0 Å². The van der Waals surface area contributed by atoms with Crippen molar-refractivity contribution in [3.63, 3.8) is 0 Å². The molecule has 1 N–H and O–H groups in total. The molecular formula is C10H17N. The predicted molar refractivity (Wildman–Crippen MR) is 51.4 cm³/mol. The van der Waals surface area contributed by atoms with Gasteiger partial charge in [0, 0.05) is 12.7 Å². The highest BCUT2D eigenvalue weighted by atomic mass is 14.8. The third kappa shape index (κ3) is 3.66. The highest BCUT2D eigenvalue weighted by Crippen LogP contribution is 2.02. The number of nitrogens with one attached hydrogen (secondary N) is 1. The van der Waals surface area contributed by atoms with Crippen molar-refractivity contribution in [1.82, 2.24) is 5.32 Å². The molecule has 0 unspecified atom stereocenters. The number of hydrogen-bond donors (Lipinski definition) is 1. The van der Waals surface area contributed by atoms with E-state index in [4.69, 9.17) is 0 Å². The van der Waals surface area contributed by atoms with E-state index in [-0.39, 0.29) is 0 Å². The Bertz CT molecular complexity index is 175. The Hall–Kier alpha value is -0.980. The van der Waals surface area contributed by atoms with E-state index in [1.807, 2.05) is 20.0 Å². The van der Waals surface area contributed by atoms with Crippen LogP contribution in [0.3, 0.4) is 0 Å². The summed E-state index contributed by atoms with van der Waals surface area (Å²) in [6, 6.07) is 0. The topological polar surface area (TPSA) is 12.0 Å². The molecule has 0 rings (SSSR count). The molecule has 0 aliphatic rings. The molecule has 0 atom stereocenters. The summed E-state index contributed by atoms with van der Waals surface area (Å²) in [6.07, 6.45) is 7.12. The first kappa shape index (κ1) is 10.0. The van der Waals surface area contributed by atoms with Crippen LogP contribution >= 0.6 is 0 Å². The second kappa shape index (κ2) is 5.78. The molecule has 0 aromatic heterocycles. The van der Waals surface area contributed by atoms with Crippen LogP contribution in [0.2, 0.25) is 0 Å². The molecule has 0 aliphatic heterocycles. The van der Waals surface area contributed by atoms with Gasteiger partial charge in [-0.3, -0.25) is 0 Å². The second-order valence-electron chi connectivity index (χ2n) is 2.36. The van der Waals surface area contributed by atoms with E-state index in [0.29, 0.717) is 0 Å². The van der Waals surface area contributed by atoms with Crippen molar-refractivity contribution in [3.8, 4) is 0 Å². The predicted octanol–water partition coefficient (Wildman–Crippen LogP) is 2.63. The van der Waals surface area contributed by atoms with Gasteiger partial charge >= 0.3 is 0 Å². The Kier molecular flexibility index (Phi) is 5.26. The lowest BCUT2D eigenvalue weighted by atomic mass is 10.2. The van der Waals surface area contributed by atoms with Gasteiger partial charge in [0.05, 0.1) is 0 Å². The molecule has 0 aromatic rings. The third-order valence-electron chi connectivity index (χ3n) is 1.52. The van der Waals surface area contributed by atoms with Crippen molar-refractivity contribution in [2.45, 2.75) is 20.3 Å². The molecule has 0 bridgehead atoms. The van der Waals surface area contributed by atoms with Crippen LogP contribution in [0.5, 0.6) is 0 Å². The van der Waals surface area contributed by atoms with Gasteiger partial charge in [0.2, 0.25) is 0 Å². The van der Waals surface area contributed by atoms with Crippen molar-refractivity contribution in [2.75, 3.05) is 7.05 Å². The fraction of sp³-hybridized carbons (Fsp3) is 0.400. The second-order valence-corrected chi connectivity index (χ2v) is 2.36. The zero-order valence-electron chi connectivity index (χ0n) is 7.65. The number of likely N-dealkylation sites (N-methyl/N-ethyl adjacent to an activating group) is 1. The van der Waals surface area contributed by atoms with Gasteiger partial charge in [-0.15, -0.1) is 0 Å². The maximum Gasteiger partial charge on any atom is 0.0363 e. The minimum Gasteiger partial charge on any atom is -0.388 e. The summed E-state index contributed by atoms with van der Waals surface area (Å²) < 4.78 is 0. The smallest absolute Gasteiger partial charge is 0.0363 e. The van der Waals surface area contributed by atoms with Gasteiger partial charge in [-0.1, -0.05) is 25.7 Å². The van der Waals surface area contributed by atoms with Crippen LogP contribution in [-0.4, -0.2) is 7.05 Å². The molecule has 1 nitrogen and oxygen atoms in total. The van der Waals surface area contributed by atoms with Crippen molar-refractivity contribution < 1.29 is 0 Å². The molecule has 11 heavy (non-hydrogen) atoms. The normalized spacial score (nSPS) is 13.0. The summed E-state index contributed by atoms with van der Waals surface area (Å²) in [5.74, 6) is 0. The van der Waals surface area contributed by atoms with Crippen molar-refractivity contribution in [3.05, 3.63) is 36.1 Å². The Morgan fingerprint density at radius 3 is 2.55 bits per heavy atom. The molecule has 0 amide bonds. The van der Waals surface area contributed by atoms with E-state index in [2.05, 4.69) is 31.0 Å². The van der Waals surface area contributed by atoms with Crippen LogP contribution in [0.15, 0.2) is 36.1 Å². The van der Waals surface area contributed by atoms with Crippen LogP contribution in [0.25, 0.3) is 0 Å². The molecular weight excluding hydrogens is 134 g/mol. The van der Waals surface area contributed by atoms with E-state index >= 15 is 0 Å². The quantitative estimate of drug-likeness (QED) is 0.609. The van der Waals surface area contributed by atoms with Gasteiger partial charge in [0.25, 0.3) is 0 Å². The fourth-order valence-corrected chi connectivity index (χ4v) is 0.758. The van der Waals surface area contributed by atoms with Gasteiger partial charge in [-0.25, -0.2) is 0 Å². The molecule has 0 saturated heterocycles. The average molecular weight is 151 g/mol. The molecule has 0 spiro atoms. The summed E-state index contributed by atoms with van der Waals surface area (Å²) in [6.45, 7) is 7.86. The Balaban J connectivity index is 4.38. The number of rotatable bonds is 4. The van der Waals surface area contributed by atoms with Crippen LogP contribution in [0.1, 0.15) is 20.3 Å². The Morgan fingerprint density at radius 1 is 1.55 bits per heavy atom. The van der Waals surface area contributed by atoms with Gasteiger partial charge in [0.15, 0.2) is 0 Å². The monoisotopic (exact) mass is 151 g/mol. The lowest BCUT2D eigenvalue weighted by Gasteiger charge is -2.02. The average Bonchev–Trinajstić information content (AvgIpc) is 2.05. The zero-order chi connectivity index (χ0) is 8.69. The first-order chi connectivity index (χ1) is 5.26. The Labute approximate surface area is 69.5 Å². The minimum absolute atomic E-state index is 1.07. The number of hydrogen-bond acceptors (Lipinski definition) is 1. The maximum atomic E-state index is 3.71. The maximum absolute atomic E-state index is 3.71. The van der Waals surface area contributed by atoms with Crippen LogP contribution < -0.4 is 5.32 Å². The SMILES string of the molecule is C=C/C(C)=C(/C=C\CC)NC. The fourth-order valence-electron chi connectivity index (χ4n) is 0.758. The van der Waals surface area contributed by atoms with Crippen LogP contribution in [0.4, 0.5) is 0 Å². The largest absolute Gasteiger partial charge is 0.388 e. The molecule has 62 valence electrons. The van der Waals surface area contributed by atoms with Gasteiger partial charge in [-0.05, 0) is 25.0 Å². The minimum atomic E-state index is 1.07. The van der Waals surface area contributed by atoms with Gasteiger partial charge < -0.3 is 5.32 Å². The lowest BCUT2D eigenvalue weighted by Crippen LogP contribution is -2.04. The van der Waals surface area contributed by atoms with E-state index < -0.39 is 0 Å². The van der Waals surface area contributed by atoms with Crippen LogP contribution in [0, 0.1) is 0 Å². The summed E-state index contributed by atoms with van der Waals surface area (Å²) in [5.41, 5.74) is 2.32.